The number of ether oxygens (including phenoxy) is 3. The van der Waals surface area contributed by atoms with E-state index in [2.05, 4.69) is 0 Å². The third-order valence-electron chi connectivity index (χ3n) is 4.85. The third-order valence-corrected chi connectivity index (χ3v) is 4.85. The number of rotatable bonds is 3. The minimum atomic E-state index is -1.05. The summed E-state index contributed by atoms with van der Waals surface area (Å²) in [6.07, 6.45) is 0.454. The first-order chi connectivity index (χ1) is 12.2. The molecular weight excluding hydrogens is 334 g/mol. The summed E-state index contributed by atoms with van der Waals surface area (Å²) in [5.41, 5.74) is -0.826. The summed E-state index contributed by atoms with van der Waals surface area (Å²) in [4.78, 5) is 14.4. The van der Waals surface area contributed by atoms with Crippen LogP contribution < -0.4 is 4.74 Å². The molecule has 2 saturated heterocycles. The number of piperidine rings is 1. The number of morpholine rings is 1. The molecule has 2 bridgehead atoms. The van der Waals surface area contributed by atoms with Crippen molar-refractivity contribution in [2.75, 3.05) is 19.8 Å². The van der Waals surface area contributed by atoms with Gasteiger partial charge in [-0.25, -0.2) is 4.79 Å². The highest BCUT2D eigenvalue weighted by Gasteiger charge is 2.50. The summed E-state index contributed by atoms with van der Waals surface area (Å²) in [6, 6.07) is 7.14. The largest absolute Gasteiger partial charge is 0.493 e. The fourth-order valence-corrected chi connectivity index (χ4v) is 3.94. The van der Waals surface area contributed by atoms with Gasteiger partial charge in [-0.15, -0.1) is 0 Å². The van der Waals surface area contributed by atoms with Gasteiger partial charge in [0, 0.05) is 18.4 Å². The summed E-state index contributed by atoms with van der Waals surface area (Å²) < 4.78 is 17.0. The Bertz CT molecular complexity index is 640. The number of aliphatic hydroxyl groups is 1. The van der Waals surface area contributed by atoms with Crippen molar-refractivity contribution in [2.45, 2.75) is 63.8 Å². The summed E-state index contributed by atoms with van der Waals surface area (Å²) in [5, 5.41) is 11.5. The Balaban J connectivity index is 1.86. The molecule has 0 aliphatic carbocycles. The highest BCUT2D eigenvalue weighted by molar-refractivity contribution is 5.69. The number of carbonyl (C=O) groups excluding carboxylic acids is 1. The lowest BCUT2D eigenvalue weighted by Crippen LogP contribution is -2.63. The van der Waals surface area contributed by atoms with E-state index in [-0.39, 0.29) is 18.2 Å². The first-order valence-corrected chi connectivity index (χ1v) is 9.27. The van der Waals surface area contributed by atoms with Crippen LogP contribution in [0.1, 0.15) is 46.1 Å². The quantitative estimate of drug-likeness (QED) is 0.894. The third kappa shape index (κ3) is 3.81. The van der Waals surface area contributed by atoms with E-state index in [0.717, 1.165) is 5.56 Å². The second-order valence-corrected chi connectivity index (χ2v) is 8.10. The number of amides is 1. The molecule has 3 rings (SSSR count). The lowest BCUT2D eigenvalue weighted by atomic mass is 9.76. The monoisotopic (exact) mass is 363 g/mol. The fourth-order valence-electron chi connectivity index (χ4n) is 3.94. The molecule has 2 fully saturated rings. The molecule has 1 aromatic carbocycles. The van der Waals surface area contributed by atoms with Gasteiger partial charge < -0.3 is 19.3 Å². The average molecular weight is 363 g/mol. The van der Waals surface area contributed by atoms with Crippen LogP contribution in [0.4, 0.5) is 4.79 Å². The molecule has 2 aliphatic rings. The maximum atomic E-state index is 12.7. The van der Waals surface area contributed by atoms with Crippen LogP contribution in [0, 0.1) is 0 Å². The van der Waals surface area contributed by atoms with Crippen LogP contribution in [-0.4, -0.2) is 53.6 Å². The van der Waals surface area contributed by atoms with Crippen molar-refractivity contribution in [3.8, 4) is 5.75 Å². The van der Waals surface area contributed by atoms with Gasteiger partial charge in [0.15, 0.2) is 0 Å². The predicted molar refractivity (Wildman–Crippen MR) is 97.2 cm³/mol. The van der Waals surface area contributed by atoms with Crippen LogP contribution in [0.25, 0.3) is 0 Å². The zero-order chi connectivity index (χ0) is 18.9. The summed E-state index contributed by atoms with van der Waals surface area (Å²) >= 11 is 0. The average Bonchev–Trinajstić information content (AvgIpc) is 2.53. The van der Waals surface area contributed by atoms with Gasteiger partial charge in [-0.05, 0) is 33.8 Å². The van der Waals surface area contributed by atoms with Crippen molar-refractivity contribution in [1.82, 2.24) is 4.90 Å². The Morgan fingerprint density at radius 2 is 1.88 bits per heavy atom. The number of hydrogen-bond acceptors (Lipinski definition) is 5. The fraction of sp³-hybridized carbons (Fsp3) is 0.650. The Kier molecular flexibility index (Phi) is 5.17. The van der Waals surface area contributed by atoms with Crippen LogP contribution in [0.5, 0.6) is 5.75 Å². The number of hydrogen-bond donors (Lipinski definition) is 1. The van der Waals surface area contributed by atoms with E-state index in [1.165, 1.54) is 0 Å². The Morgan fingerprint density at radius 3 is 2.46 bits per heavy atom. The summed E-state index contributed by atoms with van der Waals surface area (Å²) in [5.74, 6) is 0.696. The maximum Gasteiger partial charge on any atom is 0.410 e. The first-order valence-electron chi connectivity index (χ1n) is 9.27. The number of benzene rings is 1. The smallest absolute Gasteiger partial charge is 0.410 e. The van der Waals surface area contributed by atoms with Gasteiger partial charge in [0.05, 0.1) is 37.5 Å². The number of para-hydroxylation sites is 1. The van der Waals surface area contributed by atoms with E-state index < -0.39 is 11.2 Å². The number of carbonyl (C=O) groups is 1. The molecule has 1 aromatic rings. The molecule has 2 unspecified atom stereocenters. The van der Waals surface area contributed by atoms with Gasteiger partial charge in [-0.2, -0.15) is 0 Å². The van der Waals surface area contributed by atoms with Crippen LogP contribution in [0.2, 0.25) is 0 Å². The maximum absolute atomic E-state index is 12.7. The van der Waals surface area contributed by atoms with Gasteiger partial charge in [0.25, 0.3) is 0 Å². The molecule has 0 radical (unpaired) electrons. The second kappa shape index (κ2) is 7.08. The Morgan fingerprint density at radius 1 is 1.27 bits per heavy atom. The van der Waals surface area contributed by atoms with Crippen molar-refractivity contribution in [1.29, 1.82) is 0 Å². The van der Waals surface area contributed by atoms with Gasteiger partial charge in [0.2, 0.25) is 0 Å². The van der Waals surface area contributed by atoms with E-state index in [0.29, 0.717) is 38.4 Å². The minimum Gasteiger partial charge on any atom is -0.493 e. The number of fused-ring (bicyclic) bond motifs is 2. The van der Waals surface area contributed by atoms with E-state index in [1.54, 1.807) is 4.90 Å². The zero-order valence-corrected chi connectivity index (χ0v) is 16.0. The van der Waals surface area contributed by atoms with Crippen molar-refractivity contribution in [3.63, 3.8) is 0 Å². The van der Waals surface area contributed by atoms with Crippen molar-refractivity contribution in [3.05, 3.63) is 29.8 Å². The van der Waals surface area contributed by atoms with E-state index in [1.807, 2.05) is 52.0 Å². The highest BCUT2D eigenvalue weighted by atomic mass is 16.6. The molecule has 1 amide bonds. The molecule has 0 aromatic heterocycles. The Hall–Kier alpha value is -1.79. The van der Waals surface area contributed by atoms with Crippen molar-refractivity contribution < 1.29 is 24.1 Å². The normalized spacial score (nSPS) is 28.6. The SMILES string of the molecule is CCOc1ccccc1C1(O)CC2COCC(C1)N2C(=O)OC(C)(C)C. The van der Waals surface area contributed by atoms with Crippen LogP contribution >= 0.6 is 0 Å². The minimum absolute atomic E-state index is 0.225. The van der Waals surface area contributed by atoms with E-state index in [4.69, 9.17) is 14.2 Å². The van der Waals surface area contributed by atoms with Crippen LogP contribution in [0.3, 0.4) is 0 Å². The second-order valence-electron chi connectivity index (χ2n) is 8.10. The predicted octanol–water partition coefficient (Wildman–Crippen LogP) is 3.07. The van der Waals surface area contributed by atoms with E-state index in [9.17, 15) is 9.90 Å². The van der Waals surface area contributed by atoms with Gasteiger partial charge in [0.1, 0.15) is 11.4 Å². The summed E-state index contributed by atoms with van der Waals surface area (Å²) in [6.45, 7) is 8.83. The van der Waals surface area contributed by atoms with Crippen LogP contribution in [-0.2, 0) is 15.1 Å². The lowest BCUT2D eigenvalue weighted by molar-refractivity contribution is -0.141. The lowest BCUT2D eigenvalue weighted by Gasteiger charge is -2.51. The topological polar surface area (TPSA) is 68.2 Å². The molecule has 1 N–H and O–H groups in total. The molecule has 6 nitrogen and oxygen atoms in total. The molecular formula is C20H29NO5. The zero-order valence-electron chi connectivity index (χ0n) is 16.0. The molecule has 144 valence electrons. The molecule has 26 heavy (non-hydrogen) atoms. The standard InChI is InChI=1S/C20H29NO5/c1-5-25-17-9-7-6-8-16(17)20(23)10-14-12-24-13-15(11-20)21(14)18(22)26-19(2,3)4/h6-9,14-15,23H,5,10-13H2,1-4H3. The first kappa shape index (κ1) is 19.0. The van der Waals surface area contributed by atoms with Gasteiger partial charge >= 0.3 is 6.09 Å². The van der Waals surface area contributed by atoms with Crippen LogP contribution in [0.15, 0.2) is 24.3 Å². The molecule has 0 saturated carbocycles. The molecule has 2 aliphatic heterocycles. The molecule has 0 spiro atoms. The van der Waals surface area contributed by atoms with Crippen molar-refractivity contribution >= 4 is 6.09 Å². The Labute approximate surface area is 155 Å². The number of nitrogens with zero attached hydrogens (tertiary/aromatic N) is 1. The van der Waals surface area contributed by atoms with Gasteiger partial charge in [-0.3, -0.25) is 4.90 Å². The molecule has 2 atom stereocenters. The molecule has 6 heteroatoms. The van der Waals surface area contributed by atoms with Crippen molar-refractivity contribution in [2.24, 2.45) is 0 Å². The van der Waals surface area contributed by atoms with Gasteiger partial charge in [-0.1, -0.05) is 18.2 Å². The summed E-state index contributed by atoms with van der Waals surface area (Å²) in [7, 11) is 0. The molecule has 2 heterocycles. The highest BCUT2D eigenvalue weighted by Crippen LogP contribution is 2.44. The van der Waals surface area contributed by atoms with E-state index >= 15 is 0 Å².